The highest BCUT2D eigenvalue weighted by atomic mass is 19.1. The summed E-state index contributed by atoms with van der Waals surface area (Å²) < 4.78 is 31.8. The van der Waals surface area contributed by atoms with E-state index in [1.807, 2.05) is 0 Å². The molecule has 4 nitrogen and oxygen atoms in total. The summed E-state index contributed by atoms with van der Waals surface area (Å²) in [5.41, 5.74) is -0.182. The van der Waals surface area contributed by atoms with E-state index < -0.39 is 17.5 Å². The van der Waals surface area contributed by atoms with Gasteiger partial charge in [-0.15, -0.1) is 0 Å². The van der Waals surface area contributed by atoms with Crippen molar-refractivity contribution in [3.8, 4) is 11.8 Å². The third kappa shape index (κ3) is 3.92. The Bertz CT molecular complexity index is 810. The second kappa shape index (κ2) is 7.18. The van der Waals surface area contributed by atoms with Crippen molar-refractivity contribution in [3.05, 3.63) is 65.2 Å². The third-order valence-electron chi connectivity index (χ3n) is 2.98. The Labute approximate surface area is 131 Å². The number of hydrogen-bond acceptors (Lipinski definition) is 3. The van der Waals surface area contributed by atoms with Crippen LogP contribution in [0.1, 0.15) is 5.56 Å². The number of para-hydroxylation sites is 2. The van der Waals surface area contributed by atoms with Crippen molar-refractivity contribution >= 4 is 17.7 Å². The van der Waals surface area contributed by atoms with E-state index in [4.69, 9.17) is 10.00 Å². The van der Waals surface area contributed by atoms with Crippen LogP contribution >= 0.6 is 0 Å². The van der Waals surface area contributed by atoms with Crippen LogP contribution in [-0.4, -0.2) is 13.0 Å². The summed E-state index contributed by atoms with van der Waals surface area (Å²) in [5.74, 6) is -1.74. The van der Waals surface area contributed by atoms with E-state index in [-0.39, 0.29) is 11.1 Å². The average Bonchev–Trinajstić information content (AvgIpc) is 2.56. The van der Waals surface area contributed by atoms with Crippen molar-refractivity contribution in [1.29, 1.82) is 5.26 Å². The highest BCUT2D eigenvalue weighted by Gasteiger charge is 2.13. The maximum Gasteiger partial charge on any atom is 0.266 e. The first-order chi connectivity index (χ1) is 11.0. The molecule has 0 aliphatic heterocycles. The Kier molecular flexibility index (Phi) is 5.05. The van der Waals surface area contributed by atoms with Crippen LogP contribution in [0.5, 0.6) is 5.75 Å². The molecule has 0 unspecified atom stereocenters. The number of nitriles is 1. The van der Waals surface area contributed by atoms with Crippen LogP contribution in [0, 0.1) is 23.0 Å². The number of nitrogens with one attached hydrogen (secondary N) is 1. The van der Waals surface area contributed by atoms with Crippen LogP contribution in [0.15, 0.2) is 48.0 Å². The summed E-state index contributed by atoms with van der Waals surface area (Å²) in [7, 11) is 1.44. The zero-order valence-electron chi connectivity index (χ0n) is 12.1. The zero-order chi connectivity index (χ0) is 16.8. The van der Waals surface area contributed by atoms with Gasteiger partial charge in [-0.2, -0.15) is 5.26 Å². The van der Waals surface area contributed by atoms with Crippen molar-refractivity contribution in [1.82, 2.24) is 0 Å². The van der Waals surface area contributed by atoms with Gasteiger partial charge >= 0.3 is 0 Å². The van der Waals surface area contributed by atoms with Crippen LogP contribution in [0.25, 0.3) is 6.08 Å². The second-order valence-electron chi connectivity index (χ2n) is 4.49. The average molecular weight is 314 g/mol. The normalized spacial score (nSPS) is 10.8. The molecule has 1 amide bonds. The summed E-state index contributed by atoms with van der Waals surface area (Å²) in [6.07, 6.45) is 0.989. The van der Waals surface area contributed by atoms with Gasteiger partial charge in [0.25, 0.3) is 5.91 Å². The summed E-state index contributed by atoms with van der Waals surface area (Å²) in [6.45, 7) is 0. The number of carbonyl (C=O) groups is 1. The number of carbonyl (C=O) groups excluding carboxylic acids is 1. The first-order valence-electron chi connectivity index (χ1n) is 6.56. The molecule has 0 bridgehead atoms. The van der Waals surface area contributed by atoms with E-state index in [0.717, 1.165) is 24.3 Å². The van der Waals surface area contributed by atoms with Crippen LogP contribution in [0.3, 0.4) is 0 Å². The minimum Gasteiger partial charge on any atom is -0.495 e. The Balaban J connectivity index is 2.30. The van der Waals surface area contributed by atoms with Gasteiger partial charge in [0, 0.05) is 5.56 Å². The number of ether oxygens (including phenoxy) is 1. The van der Waals surface area contributed by atoms with Crippen LogP contribution in [0.4, 0.5) is 14.5 Å². The Morgan fingerprint density at radius 2 is 2.00 bits per heavy atom. The van der Waals surface area contributed by atoms with E-state index in [1.54, 1.807) is 30.3 Å². The van der Waals surface area contributed by atoms with E-state index in [9.17, 15) is 13.6 Å². The number of benzene rings is 2. The maximum absolute atomic E-state index is 13.6. The summed E-state index contributed by atoms with van der Waals surface area (Å²) >= 11 is 0. The van der Waals surface area contributed by atoms with Gasteiger partial charge in [-0.05, 0) is 36.4 Å². The second-order valence-corrected chi connectivity index (χ2v) is 4.49. The van der Waals surface area contributed by atoms with Gasteiger partial charge in [-0.1, -0.05) is 12.1 Å². The van der Waals surface area contributed by atoms with E-state index in [1.165, 1.54) is 7.11 Å². The lowest BCUT2D eigenvalue weighted by molar-refractivity contribution is -0.112. The van der Waals surface area contributed by atoms with Crippen molar-refractivity contribution in [2.45, 2.75) is 0 Å². The zero-order valence-corrected chi connectivity index (χ0v) is 12.1. The van der Waals surface area contributed by atoms with Gasteiger partial charge in [0.15, 0.2) is 0 Å². The molecule has 0 atom stereocenters. The Morgan fingerprint density at radius 3 is 2.70 bits per heavy atom. The number of hydrogen-bond donors (Lipinski definition) is 1. The van der Waals surface area contributed by atoms with Crippen molar-refractivity contribution < 1.29 is 18.3 Å². The van der Waals surface area contributed by atoms with Crippen LogP contribution in [-0.2, 0) is 4.79 Å². The molecule has 0 saturated heterocycles. The highest BCUT2D eigenvalue weighted by molar-refractivity contribution is 6.10. The quantitative estimate of drug-likeness (QED) is 0.694. The predicted molar refractivity (Wildman–Crippen MR) is 81.6 cm³/mol. The van der Waals surface area contributed by atoms with Gasteiger partial charge < -0.3 is 10.1 Å². The standard InChI is InChI=1S/C17H12F2N2O2/c1-23-16-5-3-2-4-15(16)21-17(22)12(10-20)8-11-9-13(18)6-7-14(11)19/h2-9H,1H3,(H,21,22)/b12-8+. The van der Waals surface area contributed by atoms with Gasteiger partial charge in [0.2, 0.25) is 0 Å². The molecule has 6 heteroatoms. The monoisotopic (exact) mass is 314 g/mol. The Morgan fingerprint density at radius 1 is 1.26 bits per heavy atom. The minimum absolute atomic E-state index is 0.184. The molecule has 0 radical (unpaired) electrons. The fraction of sp³-hybridized carbons (Fsp3) is 0.0588. The van der Waals surface area contributed by atoms with Crippen molar-refractivity contribution in [2.24, 2.45) is 0 Å². The van der Waals surface area contributed by atoms with Gasteiger partial charge in [-0.25, -0.2) is 8.78 Å². The molecular formula is C17H12F2N2O2. The summed E-state index contributed by atoms with van der Waals surface area (Å²) in [6, 6.07) is 11.1. The SMILES string of the molecule is COc1ccccc1NC(=O)/C(C#N)=C/c1cc(F)ccc1F. The summed E-state index contributed by atoms with van der Waals surface area (Å²) in [5, 5.41) is 11.6. The molecule has 0 spiro atoms. The first kappa shape index (κ1) is 16.2. The minimum atomic E-state index is -0.749. The van der Waals surface area contributed by atoms with Gasteiger partial charge in [0.05, 0.1) is 12.8 Å². The smallest absolute Gasteiger partial charge is 0.266 e. The van der Waals surface area contributed by atoms with Crippen molar-refractivity contribution in [3.63, 3.8) is 0 Å². The Hall–Kier alpha value is -3.20. The molecular weight excluding hydrogens is 302 g/mol. The van der Waals surface area contributed by atoms with E-state index in [0.29, 0.717) is 11.4 Å². The van der Waals surface area contributed by atoms with Gasteiger partial charge in [-0.3, -0.25) is 4.79 Å². The number of nitrogens with zero attached hydrogens (tertiary/aromatic N) is 1. The highest BCUT2D eigenvalue weighted by Crippen LogP contribution is 2.24. The molecule has 0 fully saturated rings. The topological polar surface area (TPSA) is 62.1 Å². The van der Waals surface area contributed by atoms with Crippen LogP contribution < -0.4 is 10.1 Å². The predicted octanol–water partition coefficient (Wildman–Crippen LogP) is 3.52. The fourth-order valence-electron chi connectivity index (χ4n) is 1.87. The molecule has 116 valence electrons. The summed E-state index contributed by atoms with van der Waals surface area (Å²) in [4.78, 5) is 12.1. The number of rotatable bonds is 4. The third-order valence-corrected chi connectivity index (χ3v) is 2.98. The van der Waals surface area contributed by atoms with Gasteiger partial charge in [0.1, 0.15) is 29.0 Å². The molecule has 0 saturated carbocycles. The lowest BCUT2D eigenvalue weighted by Crippen LogP contribution is -2.14. The molecule has 0 aliphatic carbocycles. The molecule has 23 heavy (non-hydrogen) atoms. The van der Waals surface area contributed by atoms with E-state index in [2.05, 4.69) is 5.32 Å². The first-order valence-corrected chi connectivity index (χ1v) is 6.56. The molecule has 0 heterocycles. The molecule has 0 aromatic heterocycles. The molecule has 2 rings (SSSR count). The molecule has 2 aromatic rings. The number of methoxy groups -OCH3 is 1. The molecule has 1 N–H and O–H groups in total. The molecule has 0 aliphatic rings. The largest absolute Gasteiger partial charge is 0.495 e. The van der Waals surface area contributed by atoms with E-state index >= 15 is 0 Å². The van der Waals surface area contributed by atoms with Crippen LogP contribution in [0.2, 0.25) is 0 Å². The maximum atomic E-state index is 13.6. The lowest BCUT2D eigenvalue weighted by Gasteiger charge is -2.09. The fourth-order valence-corrected chi connectivity index (χ4v) is 1.87. The lowest BCUT2D eigenvalue weighted by atomic mass is 10.1. The molecule has 2 aromatic carbocycles. The number of amides is 1. The number of anilines is 1. The number of halogens is 2. The van der Waals surface area contributed by atoms with Crippen molar-refractivity contribution in [2.75, 3.05) is 12.4 Å².